The number of hydrogen-bond acceptors (Lipinski definition) is 5. The van der Waals surface area contributed by atoms with Crippen LogP contribution in [-0.2, 0) is 4.74 Å². The summed E-state index contributed by atoms with van der Waals surface area (Å²) in [5.41, 5.74) is 1.60. The number of nitrogens with one attached hydrogen (secondary N) is 1. The summed E-state index contributed by atoms with van der Waals surface area (Å²) in [6, 6.07) is -0.0823. The summed E-state index contributed by atoms with van der Waals surface area (Å²) < 4.78 is 5.33. The van der Waals surface area contributed by atoms with Crippen molar-refractivity contribution in [2.24, 2.45) is 0 Å². The van der Waals surface area contributed by atoms with Gasteiger partial charge < -0.3 is 9.72 Å². The van der Waals surface area contributed by atoms with Crippen LogP contribution in [-0.4, -0.2) is 44.1 Å². The van der Waals surface area contributed by atoms with E-state index in [9.17, 15) is 4.79 Å². The van der Waals surface area contributed by atoms with Crippen LogP contribution >= 0.6 is 11.6 Å². The SMILES string of the molecule is CCCCOC(=O)N1CCCC1c1ncc(-c2cnc(Cl)nc2)[nH]1. The van der Waals surface area contributed by atoms with Gasteiger partial charge >= 0.3 is 6.09 Å². The molecule has 1 saturated heterocycles. The standard InChI is InChI=1S/C16H20ClN5O2/c1-2-3-7-24-16(23)22-6-4-5-13(22)14-18-10-12(21-14)11-8-19-15(17)20-9-11/h8-10,13H,2-7H2,1H3,(H,18,21). The summed E-state index contributed by atoms with van der Waals surface area (Å²) in [7, 11) is 0. The fourth-order valence-electron chi connectivity index (χ4n) is 2.76. The molecule has 3 heterocycles. The summed E-state index contributed by atoms with van der Waals surface area (Å²) in [6.45, 7) is 3.22. The van der Waals surface area contributed by atoms with E-state index < -0.39 is 0 Å². The van der Waals surface area contributed by atoms with Gasteiger partial charge in [0, 0.05) is 24.5 Å². The number of aromatic amines is 1. The molecule has 1 amide bonds. The maximum absolute atomic E-state index is 12.2. The number of rotatable bonds is 5. The number of aromatic nitrogens is 4. The second-order valence-electron chi connectivity index (χ2n) is 5.74. The summed E-state index contributed by atoms with van der Waals surface area (Å²) >= 11 is 5.71. The maximum Gasteiger partial charge on any atom is 0.410 e. The fourth-order valence-corrected chi connectivity index (χ4v) is 2.86. The molecule has 1 N–H and O–H groups in total. The first-order valence-electron chi connectivity index (χ1n) is 8.15. The number of carbonyl (C=O) groups excluding carboxylic acids is 1. The van der Waals surface area contributed by atoms with E-state index in [0.29, 0.717) is 13.2 Å². The third-order valence-corrected chi connectivity index (χ3v) is 4.25. The van der Waals surface area contributed by atoms with Gasteiger partial charge in [-0.3, -0.25) is 4.90 Å². The smallest absolute Gasteiger partial charge is 0.410 e. The number of carbonyl (C=O) groups is 1. The van der Waals surface area contributed by atoms with Crippen molar-refractivity contribution < 1.29 is 9.53 Å². The first kappa shape index (κ1) is 16.7. The molecule has 1 aliphatic heterocycles. The molecule has 24 heavy (non-hydrogen) atoms. The number of hydrogen-bond donors (Lipinski definition) is 1. The highest BCUT2D eigenvalue weighted by Gasteiger charge is 2.33. The molecule has 0 spiro atoms. The normalized spacial score (nSPS) is 17.2. The number of ether oxygens (including phenoxy) is 1. The lowest BCUT2D eigenvalue weighted by Crippen LogP contribution is -2.31. The molecule has 1 atom stereocenters. The Bertz CT molecular complexity index is 688. The first-order chi connectivity index (χ1) is 11.7. The Balaban J connectivity index is 1.71. The minimum absolute atomic E-state index is 0.0823. The fraction of sp³-hybridized carbons (Fsp3) is 0.500. The highest BCUT2D eigenvalue weighted by molar-refractivity contribution is 6.28. The van der Waals surface area contributed by atoms with Crippen molar-refractivity contribution >= 4 is 17.7 Å². The van der Waals surface area contributed by atoms with E-state index in [-0.39, 0.29) is 17.4 Å². The molecule has 0 aromatic carbocycles. The number of unbranched alkanes of at least 4 members (excludes halogenated alkanes) is 1. The van der Waals surface area contributed by atoms with Crippen LogP contribution in [0.15, 0.2) is 18.6 Å². The summed E-state index contributed by atoms with van der Waals surface area (Å²) in [5.74, 6) is 0.755. The second-order valence-corrected chi connectivity index (χ2v) is 6.08. The van der Waals surface area contributed by atoms with Crippen LogP contribution in [0.4, 0.5) is 4.79 Å². The lowest BCUT2D eigenvalue weighted by Gasteiger charge is -2.22. The molecule has 0 radical (unpaired) electrons. The van der Waals surface area contributed by atoms with Crippen LogP contribution in [0, 0.1) is 0 Å². The van der Waals surface area contributed by atoms with E-state index in [1.54, 1.807) is 23.5 Å². The van der Waals surface area contributed by atoms with Gasteiger partial charge in [0.1, 0.15) is 5.82 Å². The lowest BCUT2D eigenvalue weighted by atomic mass is 10.2. The number of amides is 1. The minimum atomic E-state index is -0.265. The number of likely N-dealkylation sites (tertiary alicyclic amines) is 1. The van der Waals surface area contributed by atoms with E-state index in [2.05, 4.69) is 26.9 Å². The van der Waals surface area contributed by atoms with Crippen LogP contribution in [0.25, 0.3) is 11.3 Å². The Hall–Kier alpha value is -2.15. The number of nitrogens with zero attached hydrogens (tertiary/aromatic N) is 4. The van der Waals surface area contributed by atoms with Crippen LogP contribution in [0.2, 0.25) is 5.28 Å². The van der Waals surface area contributed by atoms with Gasteiger partial charge in [0.25, 0.3) is 0 Å². The average molecular weight is 350 g/mol. The van der Waals surface area contributed by atoms with E-state index in [1.165, 1.54) is 0 Å². The maximum atomic E-state index is 12.2. The molecule has 1 unspecified atom stereocenters. The molecular weight excluding hydrogens is 330 g/mol. The number of H-pyrrole nitrogens is 1. The first-order valence-corrected chi connectivity index (χ1v) is 8.53. The molecule has 2 aromatic heterocycles. The van der Waals surface area contributed by atoms with Gasteiger partial charge in [0.15, 0.2) is 0 Å². The van der Waals surface area contributed by atoms with Crippen molar-refractivity contribution in [1.82, 2.24) is 24.8 Å². The van der Waals surface area contributed by atoms with E-state index >= 15 is 0 Å². The van der Waals surface area contributed by atoms with Gasteiger partial charge in [-0.25, -0.2) is 19.7 Å². The van der Waals surface area contributed by atoms with Crippen LogP contribution in [0.5, 0.6) is 0 Å². The van der Waals surface area contributed by atoms with Crippen molar-refractivity contribution in [3.63, 3.8) is 0 Å². The minimum Gasteiger partial charge on any atom is -0.449 e. The molecule has 0 aliphatic carbocycles. The van der Waals surface area contributed by atoms with Crippen molar-refractivity contribution in [2.75, 3.05) is 13.2 Å². The molecule has 2 aromatic rings. The largest absolute Gasteiger partial charge is 0.449 e. The van der Waals surface area contributed by atoms with E-state index in [0.717, 1.165) is 42.8 Å². The lowest BCUT2D eigenvalue weighted by molar-refractivity contribution is 0.0957. The molecule has 3 rings (SSSR count). The van der Waals surface area contributed by atoms with Gasteiger partial charge in [-0.05, 0) is 30.9 Å². The highest BCUT2D eigenvalue weighted by Crippen LogP contribution is 2.31. The van der Waals surface area contributed by atoms with Crippen molar-refractivity contribution in [2.45, 2.75) is 38.6 Å². The highest BCUT2D eigenvalue weighted by atomic mass is 35.5. The monoisotopic (exact) mass is 349 g/mol. The summed E-state index contributed by atoms with van der Waals surface area (Å²) in [5, 5.41) is 0.204. The predicted molar refractivity (Wildman–Crippen MR) is 89.6 cm³/mol. The molecule has 1 fully saturated rings. The zero-order valence-electron chi connectivity index (χ0n) is 13.5. The Morgan fingerprint density at radius 1 is 1.38 bits per heavy atom. The second kappa shape index (κ2) is 7.61. The van der Waals surface area contributed by atoms with Gasteiger partial charge in [0.05, 0.1) is 24.5 Å². The van der Waals surface area contributed by atoms with Crippen LogP contribution < -0.4 is 0 Å². The predicted octanol–water partition coefficient (Wildman–Crippen LogP) is 3.59. The van der Waals surface area contributed by atoms with Crippen LogP contribution in [0.1, 0.15) is 44.5 Å². The Labute approximate surface area is 145 Å². The molecule has 8 heteroatoms. The molecule has 0 bridgehead atoms. The Morgan fingerprint density at radius 2 is 2.17 bits per heavy atom. The molecule has 0 saturated carbocycles. The van der Waals surface area contributed by atoms with E-state index in [1.807, 2.05) is 0 Å². The molecule has 1 aliphatic rings. The molecule has 128 valence electrons. The summed E-state index contributed by atoms with van der Waals surface area (Å²) in [4.78, 5) is 29.6. The van der Waals surface area contributed by atoms with Crippen molar-refractivity contribution in [3.05, 3.63) is 29.7 Å². The molecule has 7 nitrogen and oxygen atoms in total. The Kier molecular flexibility index (Phi) is 5.30. The zero-order valence-corrected chi connectivity index (χ0v) is 14.3. The molecular formula is C16H20ClN5O2. The average Bonchev–Trinajstić information content (AvgIpc) is 3.24. The van der Waals surface area contributed by atoms with Crippen molar-refractivity contribution in [1.29, 1.82) is 0 Å². The quantitative estimate of drug-likeness (QED) is 0.658. The number of imidazole rings is 1. The van der Waals surface area contributed by atoms with Crippen molar-refractivity contribution in [3.8, 4) is 11.3 Å². The zero-order chi connectivity index (χ0) is 16.9. The number of halogens is 1. The third kappa shape index (κ3) is 3.67. The summed E-state index contributed by atoms with van der Waals surface area (Å²) in [6.07, 6.45) is 8.42. The van der Waals surface area contributed by atoms with Gasteiger partial charge in [-0.1, -0.05) is 13.3 Å². The van der Waals surface area contributed by atoms with Gasteiger partial charge in [0.2, 0.25) is 5.28 Å². The van der Waals surface area contributed by atoms with Crippen LogP contribution in [0.3, 0.4) is 0 Å². The van der Waals surface area contributed by atoms with Gasteiger partial charge in [-0.15, -0.1) is 0 Å². The third-order valence-electron chi connectivity index (χ3n) is 4.05. The van der Waals surface area contributed by atoms with E-state index in [4.69, 9.17) is 16.3 Å². The topological polar surface area (TPSA) is 84.0 Å². The Morgan fingerprint density at radius 3 is 2.92 bits per heavy atom. The van der Waals surface area contributed by atoms with Gasteiger partial charge in [-0.2, -0.15) is 0 Å².